The molecule has 1 aromatic carbocycles. The second kappa shape index (κ2) is 7.79. The van der Waals surface area contributed by atoms with E-state index in [9.17, 15) is 5.11 Å². The maximum absolute atomic E-state index is 9.87. The first-order chi connectivity index (χ1) is 12.6. The van der Waals surface area contributed by atoms with E-state index in [1.807, 2.05) is 13.0 Å². The highest BCUT2D eigenvalue weighted by Crippen LogP contribution is 2.29. The monoisotopic (exact) mass is 370 g/mol. The van der Waals surface area contributed by atoms with Crippen molar-refractivity contribution >= 4 is 45.8 Å². The Morgan fingerprint density at radius 2 is 2.00 bits per heavy atom. The number of aromatic nitrogens is 3. The maximum atomic E-state index is 9.87. The van der Waals surface area contributed by atoms with E-state index < -0.39 is 0 Å². The number of phenols is 1. The molecule has 4 N–H and O–H groups in total. The molecule has 0 unspecified atom stereocenters. The fourth-order valence-electron chi connectivity index (χ4n) is 2.26. The van der Waals surface area contributed by atoms with Gasteiger partial charge in [0.2, 0.25) is 0 Å². The molecule has 0 aliphatic heterocycles. The first kappa shape index (κ1) is 17.6. The lowest BCUT2D eigenvalue weighted by Crippen LogP contribution is -2.28. The Hall–Kier alpha value is -3.20. The topological polar surface area (TPSA) is 104 Å². The van der Waals surface area contributed by atoms with Crippen LogP contribution in [0.4, 0.5) is 17.3 Å². The van der Waals surface area contributed by atoms with Crippen LogP contribution in [0, 0.1) is 0 Å². The molecule has 8 nitrogen and oxygen atoms in total. The Morgan fingerprint density at radius 3 is 2.73 bits per heavy atom. The van der Waals surface area contributed by atoms with Gasteiger partial charge in [-0.2, -0.15) is 0 Å². The van der Waals surface area contributed by atoms with E-state index in [0.29, 0.717) is 45.9 Å². The van der Waals surface area contributed by atoms with Crippen LogP contribution in [0.2, 0.25) is 0 Å². The minimum absolute atomic E-state index is 0.0431. The largest absolute Gasteiger partial charge is 0.504 e. The van der Waals surface area contributed by atoms with Gasteiger partial charge in [0.15, 0.2) is 28.1 Å². The van der Waals surface area contributed by atoms with Gasteiger partial charge in [-0.25, -0.2) is 15.0 Å². The van der Waals surface area contributed by atoms with Gasteiger partial charge in [0.05, 0.1) is 13.3 Å². The number of anilines is 3. The summed E-state index contributed by atoms with van der Waals surface area (Å²) in [5.41, 5.74) is 1.80. The van der Waals surface area contributed by atoms with Crippen LogP contribution >= 0.6 is 12.2 Å². The molecule has 0 spiro atoms. The zero-order chi connectivity index (χ0) is 18.5. The molecule has 26 heavy (non-hydrogen) atoms. The molecule has 3 aromatic rings. The zero-order valence-electron chi connectivity index (χ0n) is 14.3. The predicted octanol–water partition coefficient (Wildman–Crippen LogP) is 2.79. The van der Waals surface area contributed by atoms with Crippen LogP contribution in [0.1, 0.15) is 6.92 Å². The number of ether oxygens (including phenoxy) is 1. The Labute approximate surface area is 155 Å². The summed E-state index contributed by atoms with van der Waals surface area (Å²) in [6.45, 7) is 2.67. The molecule has 0 fully saturated rings. The third kappa shape index (κ3) is 4.06. The molecule has 0 saturated carbocycles. The van der Waals surface area contributed by atoms with Crippen LogP contribution in [0.15, 0.2) is 36.5 Å². The van der Waals surface area contributed by atoms with Gasteiger partial charge in [-0.1, -0.05) is 0 Å². The highest BCUT2D eigenvalue weighted by molar-refractivity contribution is 7.80. The van der Waals surface area contributed by atoms with Crippen molar-refractivity contribution in [2.24, 2.45) is 0 Å². The van der Waals surface area contributed by atoms with Gasteiger partial charge in [-0.15, -0.1) is 0 Å². The van der Waals surface area contributed by atoms with E-state index in [1.54, 1.807) is 30.5 Å². The SMILES string of the molecule is CCNC(=S)Nc1cnc2ccc(Nc3ccc(OC)c(O)c3)nc2n1. The summed E-state index contributed by atoms with van der Waals surface area (Å²) in [4.78, 5) is 13.2. The molecule has 0 aliphatic rings. The van der Waals surface area contributed by atoms with Crippen LogP contribution in [0.5, 0.6) is 11.5 Å². The fourth-order valence-corrected chi connectivity index (χ4v) is 2.51. The van der Waals surface area contributed by atoms with E-state index >= 15 is 0 Å². The highest BCUT2D eigenvalue weighted by Gasteiger charge is 2.06. The average molecular weight is 370 g/mol. The molecular weight excluding hydrogens is 352 g/mol. The Balaban J connectivity index is 1.83. The second-order valence-corrected chi connectivity index (χ2v) is 5.70. The number of aromatic hydroxyl groups is 1. The number of hydrogen-bond acceptors (Lipinski definition) is 7. The third-order valence-electron chi connectivity index (χ3n) is 3.44. The lowest BCUT2D eigenvalue weighted by molar-refractivity contribution is 0.373. The summed E-state index contributed by atoms with van der Waals surface area (Å²) in [7, 11) is 1.50. The van der Waals surface area contributed by atoms with Gasteiger partial charge in [0.1, 0.15) is 11.3 Å². The molecule has 0 bridgehead atoms. The minimum atomic E-state index is 0.0431. The average Bonchev–Trinajstić information content (AvgIpc) is 2.62. The van der Waals surface area contributed by atoms with Crippen molar-refractivity contribution in [2.75, 3.05) is 24.3 Å². The molecule has 0 aliphatic carbocycles. The number of fused-ring (bicyclic) bond motifs is 1. The normalized spacial score (nSPS) is 10.4. The van der Waals surface area contributed by atoms with Crippen LogP contribution in [0.3, 0.4) is 0 Å². The van der Waals surface area contributed by atoms with Gasteiger partial charge in [0.25, 0.3) is 0 Å². The van der Waals surface area contributed by atoms with Crippen LogP contribution in [-0.4, -0.2) is 38.8 Å². The number of phenolic OH excluding ortho intramolecular Hbond substituents is 1. The molecule has 9 heteroatoms. The van der Waals surface area contributed by atoms with Crippen LogP contribution in [0.25, 0.3) is 11.2 Å². The third-order valence-corrected chi connectivity index (χ3v) is 3.68. The molecule has 3 rings (SSSR count). The van der Waals surface area contributed by atoms with Crippen molar-refractivity contribution in [1.82, 2.24) is 20.3 Å². The summed E-state index contributed by atoms with van der Waals surface area (Å²) < 4.78 is 5.04. The first-order valence-electron chi connectivity index (χ1n) is 7.91. The molecule has 0 saturated heterocycles. The van der Waals surface area contributed by atoms with Gasteiger partial charge in [-0.3, -0.25) is 0 Å². The van der Waals surface area contributed by atoms with Crippen LogP contribution in [-0.2, 0) is 0 Å². The van der Waals surface area contributed by atoms with Gasteiger partial charge < -0.3 is 25.8 Å². The molecule has 0 atom stereocenters. The predicted molar refractivity (Wildman–Crippen MR) is 105 cm³/mol. The summed E-state index contributed by atoms with van der Waals surface area (Å²) in [6, 6.07) is 8.61. The zero-order valence-corrected chi connectivity index (χ0v) is 15.1. The van der Waals surface area contributed by atoms with Crippen molar-refractivity contribution in [3.05, 3.63) is 36.5 Å². The minimum Gasteiger partial charge on any atom is -0.504 e. The highest BCUT2D eigenvalue weighted by atomic mass is 32.1. The van der Waals surface area contributed by atoms with Gasteiger partial charge >= 0.3 is 0 Å². The summed E-state index contributed by atoms with van der Waals surface area (Å²) in [5.74, 6) is 1.53. The number of hydrogen-bond donors (Lipinski definition) is 4. The van der Waals surface area contributed by atoms with E-state index in [0.717, 1.165) is 0 Å². The lowest BCUT2D eigenvalue weighted by atomic mass is 10.2. The summed E-state index contributed by atoms with van der Waals surface area (Å²) in [5, 5.41) is 19.4. The molecule has 2 heterocycles. The number of nitrogens with zero attached hydrogens (tertiary/aromatic N) is 3. The second-order valence-electron chi connectivity index (χ2n) is 5.29. The standard InChI is InChI=1S/C17H18N6O2S/c1-3-18-17(26)23-15-9-19-11-5-7-14(21-16(11)22-15)20-10-4-6-13(25-2)12(24)8-10/h4-9,24H,3H2,1-2H3,(H3,18,20,21,22,23,26). The number of pyridine rings is 1. The van der Waals surface area contributed by atoms with Crippen molar-refractivity contribution in [3.8, 4) is 11.5 Å². The van der Waals surface area contributed by atoms with Crippen molar-refractivity contribution in [1.29, 1.82) is 0 Å². The fraction of sp³-hybridized carbons (Fsp3) is 0.176. The smallest absolute Gasteiger partial charge is 0.182 e. The van der Waals surface area contributed by atoms with Crippen molar-refractivity contribution in [3.63, 3.8) is 0 Å². The van der Waals surface area contributed by atoms with Crippen molar-refractivity contribution in [2.45, 2.75) is 6.92 Å². The molecular formula is C17H18N6O2S. The quantitative estimate of drug-likeness (QED) is 0.505. The summed E-state index contributed by atoms with van der Waals surface area (Å²) >= 11 is 5.15. The lowest BCUT2D eigenvalue weighted by Gasteiger charge is -2.10. The maximum Gasteiger partial charge on any atom is 0.182 e. The van der Waals surface area contributed by atoms with E-state index in [-0.39, 0.29) is 5.75 Å². The van der Waals surface area contributed by atoms with Gasteiger partial charge in [0, 0.05) is 18.3 Å². The first-order valence-corrected chi connectivity index (χ1v) is 8.32. The van der Waals surface area contributed by atoms with Gasteiger partial charge in [-0.05, 0) is 43.4 Å². The number of rotatable bonds is 5. The Morgan fingerprint density at radius 1 is 1.19 bits per heavy atom. The van der Waals surface area contributed by atoms with E-state index in [4.69, 9.17) is 17.0 Å². The number of thiocarbonyl (C=S) groups is 1. The number of nitrogens with one attached hydrogen (secondary N) is 3. The molecule has 134 valence electrons. The number of methoxy groups -OCH3 is 1. The Bertz CT molecular complexity index is 950. The number of benzene rings is 1. The molecule has 2 aromatic heterocycles. The Kier molecular flexibility index (Phi) is 5.28. The van der Waals surface area contributed by atoms with Crippen LogP contribution < -0.4 is 20.7 Å². The van der Waals surface area contributed by atoms with Crippen molar-refractivity contribution < 1.29 is 9.84 Å². The molecule has 0 radical (unpaired) electrons. The molecule has 0 amide bonds. The van der Waals surface area contributed by atoms with E-state index in [2.05, 4.69) is 30.9 Å². The van der Waals surface area contributed by atoms with E-state index in [1.165, 1.54) is 7.11 Å². The summed E-state index contributed by atoms with van der Waals surface area (Å²) in [6.07, 6.45) is 1.60.